The van der Waals surface area contributed by atoms with Crippen LogP contribution < -0.4 is 4.90 Å². The van der Waals surface area contributed by atoms with Gasteiger partial charge in [-0.05, 0) is 42.8 Å². The van der Waals surface area contributed by atoms with Crippen LogP contribution in [0.25, 0.3) is 6.08 Å². The summed E-state index contributed by atoms with van der Waals surface area (Å²) < 4.78 is 5.12. The van der Waals surface area contributed by atoms with E-state index in [1.54, 1.807) is 6.92 Å². The van der Waals surface area contributed by atoms with Gasteiger partial charge in [0.15, 0.2) is 0 Å². The average molecular weight is 394 g/mol. The van der Waals surface area contributed by atoms with Gasteiger partial charge in [-0.3, -0.25) is 0 Å². The fourth-order valence-corrected chi connectivity index (χ4v) is 3.67. The highest BCUT2D eigenvalue weighted by Crippen LogP contribution is 2.40. The highest BCUT2D eigenvalue weighted by Gasteiger charge is 2.33. The summed E-state index contributed by atoms with van der Waals surface area (Å²) in [5.41, 5.74) is 2.81. The van der Waals surface area contributed by atoms with Crippen molar-refractivity contribution in [3.05, 3.63) is 76.4 Å². The lowest BCUT2D eigenvalue weighted by Gasteiger charge is -2.11. The van der Waals surface area contributed by atoms with Crippen LogP contribution in [0.15, 0.2) is 75.8 Å². The van der Waals surface area contributed by atoms with Crippen molar-refractivity contribution >= 4 is 40.2 Å². The lowest BCUT2D eigenvalue weighted by molar-refractivity contribution is -0.138. The Labute approximate surface area is 169 Å². The number of benzene rings is 2. The fraction of sp³-hybridized carbons (Fsp3) is 0.182. The zero-order valence-corrected chi connectivity index (χ0v) is 16.9. The van der Waals surface area contributed by atoms with Gasteiger partial charge in [-0.25, -0.2) is 9.79 Å². The first kappa shape index (κ1) is 19.8. The van der Waals surface area contributed by atoms with Crippen LogP contribution in [0, 0.1) is 0 Å². The van der Waals surface area contributed by atoms with Gasteiger partial charge in [-0.15, -0.1) is 0 Å². The Morgan fingerprint density at radius 1 is 1.14 bits per heavy atom. The minimum absolute atomic E-state index is 0.102. The minimum Gasteiger partial charge on any atom is -0.506 e. The highest BCUT2D eigenvalue weighted by molar-refractivity contribution is 8.18. The van der Waals surface area contributed by atoms with E-state index < -0.39 is 5.97 Å². The summed E-state index contributed by atoms with van der Waals surface area (Å²) >= 11 is 1.26. The summed E-state index contributed by atoms with van der Waals surface area (Å²) in [6.45, 7) is 1.96. The molecule has 3 rings (SSSR count). The lowest BCUT2D eigenvalue weighted by Crippen LogP contribution is -2.12. The maximum Gasteiger partial charge on any atom is 0.344 e. The topological polar surface area (TPSA) is 62.1 Å². The van der Waals surface area contributed by atoms with Crippen LogP contribution in [0.1, 0.15) is 12.5 Å². The molecule has 0 aromatic heterocycles. The molecule has 0 fully saturated rings. The number of anilines is 1. The molecule has 1 N–H and O–H groups in total. The van der Waals surface area contributed by atoms with Crippen LogP contribution in [0.2, 0.25) is 0 Å². The van der Waals surface area contributed by atoms with Crippen LogP contribution in [-0.4, -0.2) is 36.8 Å². The largest absolute Gasteiger partial charge is 0.506 e. The summed E-state index contributed by atoms with van der Waals surface area (Å²) in [7, 11) is 3.96. The number of hydrogen-bond donors (Lipinski definition) is 1. The number of nitrogens with zero attached hydrogens (tertiary/aromatic N) is 2. The third-order valence-corrected chi connectivity index (χ3v) is 5.08. The number of rotatable bonds is 5. The molecule has 2 aromatic carbocycles. The average Bonchev–Trinajstić information content (AvgIpc) is 2.98. The van der Waals surface area contributed by atoms with Crippen molar-refractivity contribution in [2.75, 3.05) is 25.6 Å². The van der Waals surface area contributed by atoms with Crippen molar-refractivity contribution in [3.8, 4) is 0 Å². The van der Waals surface area contributed by atoms with Gasteiger partial charge in [0.25, 0.3) is 0 Å². The third-order valence-electron chi connectivity index (χ3n) is 4.06. The summed E-state index contributed by atoms with van der Waals surface area (Å²) in [5, 5.41) is 11.1. The van der Waals surface area contributed by atoms with E-state index >= 15 is 0 Å². The molecule has 0 atom stereocenters. The molecule has 0 radical (unpaired) electrons. The molecule has 0 unspecified atom stereocenters. The Balaban J connectivity index is 1.98. The summed E-state index contributed by atoms with van der Waals surface area (Å²) in [5.74, 6) is -0.677. The van der Waals surface area contributed by atoms with Crippen LogP contribution >= 0.6 is 11.8 Å². The Morgan fingerprint density at radius 2 is 1.82 bits per heavy atom. The molecule has 1 aliphatic heterocycles. The number of hydrogen-bond acceptors (Lipinski definition) is 6. The first-order valence-electron chi connectivity index (χ1n) is 8.91. The van der Waals surface area contributed by atoms with E-state index in [0.717, 1.165) is 11.3 Å². The molecule has 0 saturated heterocycles. The SMILES string of the molecule is CCOC(=O)C1=C(O)/C(=C\c2ccc(N(C)C)cc2)SC1=Nc1ccccc1. The van der Waals surface area contributed by atoms with Crippen LogP contribution in [0.4, 0.5) is 11.4 Å². The van der Waals surface area contributed by atoms with Gasteiger partial charge < -0.3 is 14.7 Å². The van der Waals surface area contributed by atoms with Gasteiger partial charge in [0.1, 0.15) is 16.4 Å². The number of carbonyl (C=O) groups excluding carboxylic acids is 1. The second-order valence-electron chi connectivity index (χ2n) is 6.29. The van der Waals surface area contributed by atoms with E-state index in [0.29, 0.717) is 15.6 Å². The number of esters is 1. The summed E-state index contributed by atoms with van der Waals surface area (Å²) in [6.07, 6.45) is 1.84. The van der Waals surface area contributed by atoms with Crippen molar-refractivity contribution in [2.45, 2.75) is 6.92 Å². The summed E-state index contributed by atoms with van der Waals surface area (Å²) in [6, 6.07) is 17.2. The first-order chi connectivity index (χ1) is 13.5. The number of carbonyl (C=O) groups is 1. The van der Waals surface area contributed by atoms with Gasteiger partial charge >= 0.3 is 5.97 Å². The lowest BCUT2D eigenvalue weighted by atomic mass is 10.1. The quantitative estimate of drug-likeness (QED) is 0.728. The molecule has 28 heavy (non-hydrogen) atoms. The second kappa shape index (κ2) is 8.80. The predicted octanol–water partition coefficient (Wildman–Crippen LogP) is 4.95. The van der Waals surface area contributed by atoms with Gasteiger partial charge in [-0.1, -0.05) is 42.1 Å². The zero-order chi connectivity index (χ0) is 20.1. The molecule has 0 saturated carbocycles. The predicted molar refractivity (Wildman–Crippen MR) is 116 cm³/mol. The molecule has 5 nitrogen and oxygen atoms in total. The van der Waals surface area contributed by atoms with Crippen molar-refractivity contribution in [3.63, 3.8) is 0 Å². The van der Waals surface area contributed by atoms with Gasteiger partial charge in [0.2, 0.25) is 0 Å². The van der Waals surface area contributed by atoms with Crippen LogP contribution in [-0.2, 0) is 9.53 Å². The number of aliphatic imine (C=N–C) groups is 1. The van der Waals surface area contributed by atoms with E-state index in [1.165, 1.54) is 11.8 Å². The Kier molecular flexibility index (Phi) is 6.21. The maximum absolute atomic E-state index is 12.4. The Morgan fingerprint density at radius 3 is 2.43 bits per heavy atom. The molecule has 0 amide bonds. The number of aliphatic hydroxyl groups excluding tert-OH is 1. The van der Waals surface area contributed by atoms with Gasteiger partial charge in [0, 0.05) is 19.8 Å². The molecule has 0 bridgehead atoms. The maximum atomic E-state index is 12.4. The Hall–Kier alpha value is -2.99. The van der Waals surface area contributed by atoms with Gasteiger partial charge in [-0.2, -0.15) is 0 Å². The second-order valence-corrected chi connectivity index (χ2v) is 7.32. The number of aliphatic hydroxyl groups is 1. The van der Waals surface area contributed by atoms with Crippen molar-refractivity contribution in [1.29, 1.82) is 0 Å². The summed E-state index contributed by atoms with van der Waals surface area (Å²) in [4.78, 5) is 19.5. The monoisotopic (exact) mass is 394 g/mol. The van der Waals surface area contributed by atoms with E-state index in [9.17, 15) is 9.90 Å². The molecule has 1 heterocycles. The smallest absolute Gasteiger partial charge is 0.344 e. The van der Waals surface area contributed by atoms with Crippen LogP contribution in [0.3, 0.4) is 0 Å². The minimum atomic E-state index is -0.575. The van der Waals surface area contributed by atoms with Crippen molar-refractivity contribution in [2.24, 2.45) is 4.99 Å². The number of ether oxygens (including phenoxy) is 1. The number of thioether (sulfide) groups is 1. The molecule has 6 heteroatoms. The molecular formula is C22H22N2O3S. The normalized spacial score (nSPS) is 16.7. The number of para-hydroxylation sites is 1. The standard InChI is InChI=1S/C22H22N2O3S/c1-4-27-22(26)19-20(25)18(14-15-10-12-17(13-11-15)24(2)3)28-21(19)23-16-8-6-5-7-9-16/h5-14,25H,4H2,1-3H3/b18-14+,23-21?. The Bertz CT molecular complexity index is 946. The van der Waals surface area contributed by atoms with E-state index in [4.69, 9.17) is 4.74 Å². The van der Waals surface area contributed by atoms with E-state index in [-0.39, 0.29) is 17.9 Å². The fourth-order valence-electron chi connectivity index (χ4n) is 2.63. The third kappa shape index (κ3) is 4.46. The molecule has 0 spiro atoms. The molecule has 144 valence electrons. The van der Waals surface area contributed by atoms with Crippen molar-refractivity contribution in [1.82, 2.24) is 0 Å². The first-order valence-corrected chi connectivity index (χ1v) is 9.73. The molecule has 1 aliphatic rings. The van der Waals surface area contributed by atoms with E-state index in [1.807, 2.05) is 79.7 Å². The molecule has 0 aliphatic carbocycles. The van der Waals surface area contributed by atoms with Gasteiger partial charge in [0.05, 0.1) is 17.2 Å². The molecule has 2 aromatic rings. The van der Waals surface area contributed by atoms with Crippen LogP contribution in [0.5, 0.6) is 0 Å². The highest BCUT2D eigenvalue weighted by atomic mass is 32.2. The molecular weight excluding hydrogens is 372 g/mol. The van der Waals surface area contributed by atoms with E-state index in [2.05, 4.69) is 4.99 Å². The van der Waals surface area contributed by atoms with Crippen molar-refractivity contribution < 1.29 is 14.6 Å². The zero-order valence-electron chi connectivity index (χ0n) is 16.0.